The standard InChI is InChI=1S/C19H16BrNOS/c20-17-7-3-4-14(10-17)12-23-13-19(22)21-18-9-8-15-5-1-2-6-16(15)11-18/h1-11H,12-13H2,(H,21,22). The highest BCUT2D eigenvalue weighted by atomic mass is 79.9. The van der Waals surface area contributed by atoms with E-state index in [-0.39, 0.29) is 5.91 Å². The summed E-state index contributed by atoms with van der Waals surface area (Å²) in [4.78, 5) is 12.1. The lowest BCUT2D eigenvalue weighted by molar-refractivity contribution is -0.113. The number of hydrogen-bond donors (Lipinski definition) is 1. The van der Waals surface area contributed by atoms with Crippen LogP contribution in [0.1, 0.15) is 5.56 Å². The summed E-state index contributed by atoms with van der Waals surface area (Å²) < 4.78 is 1.07. The van der Waals surface area contributed by atoms with E-state index in [1.54, 1.807) is 11.8 Å². The second kappa shape index (κ2) is 7.66. The van der Waals surface area contributed by atoms with E-state index < -0.39 is 0 Å². The van der Waals surface area contributed by atoms with Crippen LogP contribution in [-0.4, -0.2) is 11.7 Å². The Balaban J connectivity index is 1.54. The number of halogens is 1. The minimum atomic E-state index is 0.0280. The molecule has 0 aromatic heterocycles. The molecule has 0 saturated heterocycles. The average molecular weight is 386 g/mol. The van der Waals surface area contributed by atoms with Crippen molar-refractivity contribution in [2.45, 2.75) is 5.75 Å². The Bertz CT molecular complexity index is 834. The summed E-state index contributed by atoms with van der Waals surface area (Å²) >= 11 is 5.07. The normalized spacial score (nSPS) is 10.7. The molecule has 3 aromatic carbocycles. The molecular weight excluding hydrogens is 370 g/mol. The van der Waals surface area contributed by atoms with Crippen LogP contribution in [-0.2, 0) is 10.5 Å². The third-order valence-electron chi connectivity index (χ3n) is 3.42. The Labute approximate surface area is 148 Å². The smallest absolute Gasteiger partial charge is 0.234 e. The van der Waals surface area contributed by atoms with Gasteiger partial charge in [0.2, 0.25) is 5.91 Å². The summed E-state index contributed by atoms with van der Waals surface area (Å²) in [6.07, 6.45) is 0. The number of nitrogens with one attached hydrogen (secondary N) is 1. The first kappa shape index (κ1) is 16.1. The average Bonchev–Trinajstić information content (AvgIpc) is 2.55. The highest BCUT2D eigenvalue weighted by molar-refractivity contribution is 9.10. The molecule has 1 amide bonds. The quantitative estimate of drug-likeness (QED) is 0.630. The van der Waals surface area contributed by atoms with Gasteiger partial charge in [0.1, 0.15) is 0 Å². The number of anilines is 1. The number of thioether (sulfide) groups is 1. The summed E-state index contributed by atoms with van der Waals surface area (Å²) in [6.45, 7) is 0. The molecule has 3 rings (SSSR count). The van der Waals surface area contributed by atoms with E-state index >= 15 is 0 Å². The van der Waals surface area contributed by atoms with Gasteiger partial charge in [0.15, 0.2) is 0 Å². The molecule has 4 heteroatoms. The first-order valence-electron chi connectivity index (χ1n) is 7.31. The third-order valence-corrected chi connectivity index (χ3v) is 4.92. The molecule has 3 aromatic rings. The van der Waals surface area contributed by atoms with Crippen LogP contribution in [0.3, 0.4) is 0 Å². The van der Waals surface area contributed by atoms with Gasteiger partial charge in [-0.2, -0.15) is 0 Å². The molecule has 23 heavy (non-hydrogen) atoms. The molecule has 0 unspecified atom stereocenters. The van der Waals surface area contributed by atoms with Crippen molar-refractivity contribution >= 4 is 50.1 Å². The zero-order valence-electron chi connectivity index (χ0n) is 12.5. The van der Waals surface area contributed by atoms with Gasteiger partial charge >= 0.3 is 0 Å². The Morgan fingerprint density at radius 1 is 0.957 bits per heavy atom. The van der Waals surface area contributed by atoms with E-state index in [0.29, 0.717) is 5.75 Å². The van der Waals surface area contributed by atoms with Crippen LogP contribution in [0.2, 0.25) is 0 Å². The fourth-order valence-electron chi connectivity index (χ4n) is 2.35. The summed E-state index contributed by atoms with van der Waals surface area (Å²) in [5, 5.41) is 5.27. The number of carbonyl (C=O) groups is 1. The zero-order valence-corrected chi connectivity index (χ0v) is 14.9. The molecule has 0 atom stereocenters. The van der Waals surface area contributed by atoms with Crippen molar-refractivity contribution in [1.82, 2.24) is 0 Å². The van der Waals surface area contributed by atoms with E-state index in [1.165, 1.54) is 10.9 Å². The van der Waals surface area contributed by atoms with Crippen LogP contribution < -0.4 is 5.32 Å². The largest absolute Gasteiger partial charge is 0.325 e. The highest BCUT2D eigenvalue weighted by Crippen LogP contribution is 2.20. The van der Waals surface area contributed by atoms with Crippen LogP contribution in [0.25, 0.3) is 10.8 Å². The highest BCUT2D eigenvalue weighted by Gasteiger charge is 2.04. The fourth-order valence-corrected chi connectivity index (χ4v) is 3.57. The van der Waals surface area contributed by atoms with Crippen molar-refractivity contribution in [2.75, 3.05) is 11.1 Å². The molecule has 0 spiro atoms. The number of amides is 1. The Hall–Kier alpha value is -1.78. The number of hydrogen-bond acceptors (Lipinski definition) is 2. The van der Waals surface area contributed by atoms with E-state index in [9.17, 15) is 4.79 Å². The van der Waals surface area contributed by atoms with Gasteiger partial charge in [0.05, 0.1) is 5.75 Å². The van der Waals surface area contributed by atoms with Crippen LogP contribution in [0.5, 0.6) is 0 Å². The summed E-state index contributed by atoms with van der Waals surface area (Å²) in [7, 11) is 0. The van der Waals surface area contributed by atoms with Crippen molar-refractivity contribution in [1.29, 1.82) is 0 Å². The zero-order chi connectivity index (χ0) is 16.1. The maximum atomic E-state index is 12.1. The number of benzene rings is 3. The van der Waals surface area contributed by atoms with Crippen molar-refractivity contribution in [3.8, 4) is 0 Å². The maximum Gasteiger partial charge on any atom is 0.234 e. The first-order valence-corrected chi connectivity index (χ1v) is 9.26. The van der Waals surface area contributed by atoms with Crippen LogP contribution in [0.15, 0.2) is 71.2 Å². The summed E-state index contributed by atoms with van der Waals surface area (Å²) in [5.41, 5.74) is 2.06. The number of carbonyl (C=O) groups excluding carboxylic acids is 1. The molecule has 0 fully saturated rings. The van der Waals surface area contributed by atoms with E-state index in [2.05, 4.69) is 39.4 Å². The van der Waals surface area contributed by atoms with Gasteiger partial charge in [-0.15, -0.1) is 11.8 Å². The first-order chi connectivity index (χ1) is 11.2. The molecule has 0 heterocycles. The Kier molecular flexibility index (Phi) is 5.36. The third kappa shape index (κ3) is 4.60. The minimum Gasteiger partial charge on any atom is -0.325 e. The van der Waals surface area contributed by atoms with E-state index in [0.717, 1.165) is 21.3 Å². The number of fused-ring (bicyclic) bond motifs is 1. The van der Waals surface area contributed by atoms with Crippen molar-refractivity contribution in [3.05, 3.63) is 76.8 Å². The van der Waals surface area contributed by atoms with Crippen LogP contribution in [0, 0.1) is 0 Å². The van der Waals surface area contributed by atoms with Crippen molar-refractivity contribution < 1.29 is 4.79 Å². The fraction of sp³-hybridized carbons (Fsp3) is 0.105. The minimum absolute atomic E-state index is 0.0280. The van der Waals surface area contributed by atoms with Gasteiger partial charge in [0.25, 0.3) is 0 Å². The molecule has 0 aliphatic rings. The maximum absolute atomic E-state index is 12.1. The summed E-state index contributed by atoms with van der Waals surface area (Å²) in [6, 6.07) is 22.3. The second-order valence-electron chi connectivity index (χ2n) is 5.23. The summed E-state index contributed by atoms with van der Waals surface area (Å²) in [5.74, 6) is 1.30. The van der Waals surface area contributed by atoms with E-state index in [4.69, 9.17) is 0 Å². The number of rotatable bonds is 5. The molecular formula is C19H16BrNOS. The van der Waals surface area contributed by atoms with Crippen LogP contribution >= 0.6 is 27.7 Å². The van der Waals surface area contributed by atoms with Crippen molar-refractivity contribution in [2.24, 2.45) is 0 Å². The Morgan fingerprint density at radius 2 is 1.78 bits per heavy atom. The van der Waals surface area contributed by atoms with Crippen LogP contribution in [0.4, 0.5) is 5.69 Å². The predicted octanol–water partition coefficient (Wildman–Crippen LogP) is 5.47. The topological polar surface area (TPSA) is 29.1 Å². The molecule has 0 aliphatic heterocycles. The van der Waals surface area contributed by atoms with Gasteiger partial charge in [0, 0.05) is 15.9 Å². The second-order valence-corrected chi connectivity index (χ2v) is 7.13. The monoisotopic (exact) mass is 385 g/mol. The predicted molar refractivity (Wildman–Crippen MR) is 103 cm³/mol. The molecule has 2 nitrogen and oxygen atoms in total. The molecule has 0 bridgehead atoms. The lowest BCUT2D eigenvalue weighted by atomic mass is 10.1. The molecule has 0 aliphatic carbocycles. The molecule has 0 radical (unpaired) electrons. The molecule has 0 saturated carbocycles. The molecule has 116 valence electrons. The van der Waals surface area contributed by atoms with Gasteiger partial charge < -0.3 is 5.32 Å². The van der Waals surface area contributed by atoms with Gasteiger partial charge in [-0.3, -0.25) is 4.79 Å². The van der Waals surface area contributed by atoms with Gasteiger partial charge in [-0.25, -0.2) is 0 Å². The lowest BCUT2D eigenvalue weighted by Gasteiger charge is -2.07. The van der Waals surface area contributed by atoms with Gasteiger partial charge in [-0.05, 0) is 40.6 Å². The van der Waals surface area contributed by atoms with E-state index in [1.807, 2.05) is 48.5 Å². The molecule has 1 N–H and O–H groups in total. The SMILES string of the molecule is O=C(CSCc1cccc(Br)c1)Nc1ccc2ccccc2c1. The van der Waals surface area contributed by atoms with Gasteiger partial charge in [-0.1, -0.05) is 58.4 Å². The Morgan fingerprint density at radius 3 is 2.61 bits per heavy atom. The lowest BCUT2D eigenvalue weighted by Crippen LogP contribution is -2.14. The van der Waals surface area contributed by atoms with Crippen molar-refractivity contribution in [3.63, 3.8) is 0 Å².